The lowest BCUT2D eigenvalue weighted by Crippen LogP contribution is -2.17. The number of halogens is 2. The van der Waals surface area contributed by atoms with Crippen molar-refractivity contribution in [3.05, 3.63) is 98.8 Å². The van der Waals surface area contributed by atoms with Gasteiger partial charge in [0.2, 0.25) is 0 Å². The van der Waals surface area contributed by atoms with E-state index < -0.39 is 0 Å². The normalized spacial score (nSPS) is 15.7. The lowest BCUT2D eigenvalue weighted by Gasteiger charge is -2.24. The molecule has 5 heteroatoms. The number of nitrogens with one attached hydrogen (secondary N) is 1. The number of nitrogens with zero attached hydrogens (tertiary/aromatic N) is 1. The van der Waals surface area contributed by atoms with Gasteiger partial charge in [0.25, 0.3) is 0 Å². The van der Waals surface area contributed by atoms with E-state index in [0.29, 0.717) is 28.8 Å². The molecule has 5 rings (SSSR count). The number of benzene rings is 3. The first-order chi connectivity index (χ1) is 15.1. The van der Waals surface area contributed by atoms with Crippen LogP contribution in [0.5, 0.6) is 0 Å². The summed E-state index contributed by atoms with van der Waals surface area (Å²) in [5.41, 5.74) is 6.09. The summed E-state index contributed by atoms with van der Waals surface area (Å²) in [6.45, 7) is 0. The second-order valence-electron chi connectivity index (χ2n) is 8.30. The van der Waals surface area contributed by atoms with Crippen molar-refractivity contribution in [3.63, 3.8) is 0 Å². The van der Waals surface area contributed by atoms with E-state index >= 15 is 0 Å². The SMILES string of the molecule is O=C(CC1CCc2ccccc2C1)c1ccc2nc(Cc3c(Cl)cccc3Cl)[nH]c2c1. The minimum Gasteiger partial charge on any atom is -0.342 e. The summed E-state index contributed by atoms with van der Waals surface area (Å²) in [5, 5.41) is 1.25. The molecule has 0 saturated carbocycles. The Morgan fingerprint density at radius 2 is 1.77 bits per heavy atom. The van der Waals surface area contributed by atoms with Gasteiger partial charge in [-0.2, -0.15) is 0 Å². The summed E-state index contributed by atoms with van der Waals surface area (Å²) in [7, 11) is 0. The summed E-state index contributed by atoms with van der Waals surface area (Å²) in [4.78, 5) is 21.0. The number of rotatable bonds is 5. The third kappa shape index (κ3) is 4.26. The number of carbonyl (C=O) groups excluding carboxylic acids is 1. The van der Waals surface area contributed by atoms with Crippen LogP contribution in [0.2, 0.25) is 10.0 Å². The van der Waals surface area contributed by atoms with Crippen molar-refractivity contribution in [1.29, 1.82) is 0 Å². The molecular weight excluding hydrogens is 427 g/mol. The smallest absolute Gasteiger partial charge is 0.163 e. The highest BCUT2D eigenvalue weighted by molar-refractivity contribution is 6.36. The molecule has 1 aliphatic rings. The van der Waals surface area contributed by atoms with Crippen LogP contribution in [0, 0.1) is 5.92 Å². The van der Waals surface area contributed by atoms with Crippen LogP contribution in [-0.4, -0.2) is 15.8 Å². The van der Waals surface area contributed by atoms with Crippen LogP contribution in [0.1, 0.15) is 45.7 Å². The topological polar surface area (TPSA) is 45.8 Å². The highest BCUT2D eigenvalue weighted by Crippen LogP contribution is 2.29. The average Bonchev–Trinajstić information content (AvgIpc) is 3.18. The van der Waals surface area contributed by atoms with E-state index in [1.54, 1.807) is 0 Å². The van der Waals surface area contributed by atoms with Gasteiger partial charge in [0, 0.05) is 28.5 Å². The van der Waals surface area contributed by atoms with Crippen LogP contribution in [-0.2, 0) is 19.3 Å². The number of aromatic nitrogens is 2. The van der Waals surface area contributed by atoms with Crippen molar-refractivity contribution in [2.24, 2.45) is 5.92 Å². The fourth-order valence-electron chi connectivity index (χ4n) is 4.52. The highest BCUT2D eigenvalue weighted by Gasteiger charge is 2.22. The first kappa shape index (κ1) is 20.3. The summed E-state index contributed by atoms with van der Waals surface area (Å²) >= 11 is 12.6. The number of fused-ring (bicyclic) bond motifs is 2. The molecule has 3 nitrogen and oxygen atoms in total. The van der Waals surface area contributed by atoms with Gasteiger partial charge in [-0.1, -0.05) is 53.5 Å². The molecule has 0 aliphatic heterocycles. The van der Waals surface area contributed by atoms with Gasteiger partial charge in [0.15, 0.2) is 5.78 Å². The predicted octanol–water partition coefficient (Wildman–Crippen LogP) is 6.84. The summed E-state index contributed by atoms with van der Waals surface area (Å²) in [5.74, 6) is 1.37. The zero-order chi connectivity index (χ0) is 21.4. The van der Waals surface area contributed by atoms with Gasteiger partial charge in [0.1, 0.15) is 5.82 Å². The van der Waals surface area contributed by atoms with Gasteiger partial charge in [-0.3, -0.25) is 4.79 Å². The molecule has 3 aromatic carbocycles. The molecule has 1 N–H and O–H groups in total. The molecule has 0 radical (unpaired) electrons. The molecule has 0 fully saturated rings. The predicted molar refractivity (Wildman–Crippen MR) is 126 cm³/mol. The van der Waals surface area contributed by atoms with E-state index in [1.807, 2.05) is 36.4 Å². The van der Waals surface area contributed by atoms with E-state index in [1.165, 1.54) is 11.1 Å². The molecular formula is C26H22Cl2N2O. The Labute approximate surface area is 191 Å². The van der Waals surface area contributed by atoms with E-state index in [-0.39, 0.29) is 5.78 Å². The standard InChI is InChI=1S/C26H22Cl2N2O/c27-21-6-3-7-22(28)20(21)15-26-29-23-11-10-19(14-24(23)30-26)25(31)13-16-8-9-17-4-1-2-5-18(17)12-16/h1-7,10-11,14,16H,8-9,12-13,15H2,(H,29,30). The molecule has 0 saturated heterocycles. The highest BCUT2D eigenvalue weighted by atomic mass is 35.5. The number of aromatic amines is 1. The van der Waals surface area contributed by atoms with Crippen molar-refractivity contribution in [2.45, 2.75) is 32.1 Å². The molecule has 0 bridgehead atoms. The summed E-state index contributed by atoms with van der Waals surface area (Å²) in [6, 6.07) is 19.8. The van der Waals surface area contributed by atoms with E-state index in [4.69, 9.17) is 23.2 Å². The molecule has 156 valence electrons. The number of ketones is 1. The minimum atomic E-state index is 0.191. The third-order valence-electron chi connectivity index (χ3n) is 6.18. The fourth-order valence-corrected chi connectivity index (χ4v) is 5.05. The van der Waals surface area contributed by atoms with Crippen LogP contribution in [0.15, 0.2) is 60.7 Å². The van der Waals surface area contributed by atoms with Gasteiger partial charge in [0.05, 0.1) is 11.0 Å². The maximum Gasteiger partial charge on any atom is 0.163 e. The Hall–Kier alpha value is -2.62. The summed E-state index contributed by atoms with van der Waals surface area (Å²) < 4.78 is 0. The number of carbonyl (C=O) groups is 1. The monoisotopic (exact) mass is 448 g/mol. The second kappa shape index (κ2) is 8.49. The Balaban J connectivity index is 1.32. The molecule has 1 unspecified atom stereocenters. The van der Waals surface area contributed by atoms with Gasteiger partial charge >= 0.3 is 0 Å². The number of hydrogen-bond donors (Lipinski definition) is 1. The second-order valence-corrected chi connectivity index (χ2v) is 9.11. The Kier molecular flexibility index (Phi) is 5.56. The van der Waals surface area contributed by atoms with E-state index in [9.17, 15) is 4.79 Å². The van der Waals surface area contributed by atoms with Gasteiger partial charge < -0.3 is 4.98 Å². The van der Waals surface area contributed by atoms with E-state index in [2.05, 4.69) is 34.2 Å². The van der Waals surface area contributed by atoms with Crippen LogP contribution in [0.3, 0.4) is 0 Å². The summed E-state index contributed by atoms with van der Waals surface area (Å²) in [6.07, 6.45) is 4.20. The lowest BCUT2D eigenvalue weighted by atomic mass is 9.81. The quantitative estimate of drug-likeness (QED) is 0.339. The molecule has 1 heterocycles. The zero-order valence-corrected chi connectivity index (χ0v) is 18.5. The Morgan fingerprint density at radius 3 is 2.58 bits per heavy atom. The largest absolute Gasteiger partial charge is 0.342 e. The first-order valence-corrected chi connectivity index (χ1v) is 11.3. The average molecular weight is 449 g/mol. The molecule has 1 atom stereocenters. The molecule has 31 heavy (non-hydrogen) atoms. The Bertz CT molecular complexity index is 1260. The lowest BCUT2D eigenvalue weighted by molar-refractivity contribution is 0.0957. The number of Topliss-reactive ketones (excluding diaryl/α,β-unsaturated/α-hetero) is 1. The van der Waals surface area contributed by atoms with Gasteiger partial charge in [-0.15, -0.1) is 0 Å². The van der Waals surface area contributed by atoms with Crippen LogP contribution in [0.25, 0.3) is 11.0 Å². The number of H-pyrrole nitrogens is 1. The van der Waals surface area contributed by atoms with Crippen molar-refractivity contribution >= 4 is 40.0 Å². The molecule has 4 aromatic rings. The van der Waals surface area contributed by atoms with Crippen LogP contribution >= 0.6 is 23.2 Å². The molecule has 1 aromatic heterocycles. The fraction of sp³-hybridized carbons (Fsp3) is 0.231. The van der Waals surface area contributed by atoms with Crippen molar-refractivity contribution < 1.29 is 4.79 Å². The van der Waals surface area contributed by atoms with Crippen molar-refractivity contribution in [1.82, 2.24) is 9.97 Å². The maximum absolute atomic E-state index is 13.0. The number of hydrogen-bond acceptors (Lipinski definition) is 2. The van der Waals surface area contributed by atoms with Crippen LogP contribution in [0.4, 0.5) is 0 Å². The van der Waals surface area contributed by atoms with Crippen molar-refractivity contribution in [3.8, 4) is 0 Å². The third-order valence-corrected chi connectivity index (χ3v) is 6.89. The molecule has 0 amide bonds. The van der Waals surface area contributed by atoms with Crippen LogP contribution < -0.4 is 0 Å². The molecule has 0 spiro atoms. The number of aryl methyl sites for hydroxylation is 1. The van der Waals surface area contributed by atoms with Gasteiger partial charge in [-0.25, -0.2) is 4.98 Å². The maximum atomic E-state index is 13.0. The van der Waals surface area contributed by atoms with Gasteiger partial charge in [-0.05, 0) is 72.2 Å². The number of imidazole rings is 1. The Morgan fingerprint density at radius 1 is 1.00 bits per heavy atom. The minimum absolute atomic E-state index is 0.191. The molecule has 1 aliphatic carbocycles. The van der Waals surface area contributed by atoms with Crippen molar-refractivity contribution in [2.75, 3.05) is 0 Å². The first-order valence-electron chi connectivity index (χ1n) is 10.6. The van der Waals surface area contributed by atoms with E-state index in [0.717, 1.165) is 47.2 Å². The zero-order valence-electron chi connectivity index (χ0n) is 17.0.